The average molecular weight is 532 g/mol. The maximum absolute atomic E-state index is 12.2. The fraction of sp³-hybridized carbons (Fsp3) is 0.148. The lowest BCUT2D eigenvalue weighted by Crippen LogP contribution is -2.08. The summed E-state index contributed by atoms with van der Waals surface area (Å²) >= 11 is 3.47. The van der Waals surface area contributed by atoms with E-state index in [0.717, 1.165) is 15.6 Å². The molecule has 3 heterocycles. The number of benzene rings is 1. The zero-order valence-corrected chi connectivity index (χ0v) is 20.8. The Bertz CT molecular complexity index is 1290. The van der Waals surface area contributed by atoms with Crippen LogP contribution in [0.2, 0.25) is 0 Å². The normalized spacial score (nSPS) is 10.6. The molecule has 0 aliphatic carbocycles. The highest BCUT2D eigenvalue weighted by Crippen LogP contribution is 2.30. The van der Waals surface area contributed by atoms with Crippen LogP contribution < -0.4 is 0 Å². The van der Waals surface area contributed by atoms with Crippen LogP contribution in [0.4, 0.5) is 0 Å². The van der Waals surface area contributed by atoms with E-state index in [1.165, 1.54) is 0 Å². The van der Waals surface area contributed by atoms with Gasteiger partial charge in [-0.15, -0.1) is 0 Å². The van der Waals surface area contributed by atoms with Gasteiger partial charge in [0, 0.05) is 4.47 Å². The van der Waals surface area contributed by atoms with Crippen molar-refractivity contribution in [1.82, 2.24) is 15.0 Å². The molecule has 7 nitrogen and oxygen atoms in total. The van der Waals surface area contributed by atoms with E-state index in [4.69, 9.17) is 14.5 Å². The predicted molar refractivity (Wildman–Crippen MR) is 136 cm³/mol. The zero-order valence-electron chi connectivity index (χ0n) is 19.2. The molecule has 4 aromatic rings. The number of hydrogen-bond acceptors (Lipinski definition) is 7. The fourth-order valence-corrected chi connectivity index (χ4v) is 3.66. The highest BCUT2D eigenvalue weighted by molar-refractivity contribution is 9.10. The van der Waals surface area contributed by atoms with E-state index >= 15 is 0 Å². The van der Waals surface area contributed by atoms with Crippen LogP contribution in [0.15, 0.2) is 77.3 Å². The molecule has 0 aliphatic rings. The van der Waals surface area contributed by atoms with Crippen LogP contribution in [-0.2, 0) is 9.47 Å². The van der Waals surface area contributed by atoms with E-state index in [9.17, 15) is 9.59 Å². The Hall–Kier alpha value is -3.91. The number of aromatic nitrogens is 3. The Labute approximate surface area is 211 Å². The molecular formula is C27H22BrN3O4. The van der Waals surface area contributed by atoms with Gasteiger partial charge in [0.25, 0.3) is 0 Å². The predicted octanol–water partition coefficient (Wildman–Crippen LogP) is 5.99. The van der Waals surface area contributed by atoms with Gasteiger partial charge in [0.1, 0.15) is 11.4 Å². The molecule has 176 valence electrons. The maximum atomic E-state index is 12.2. The summed E-state index contributed by atoms with van der Waals surface area (Å²) in [4.78, 5) is 38.2. The summed E-state index contributed by atoms with van der Waals surface area (Å²) in [7, 11) is 0. The quantitative estimate of drug-likeness (QED) is 0.270. The lowest BCUT2D eigenvalue weighted by atomic mass is 10.0. The van der Waals surface area contributed by atoms with E-state index in [1.807, 2.05) is 36.4 Å². The van der Waals surface area contributed by atoms with E-state index in [0.29, 0.717) is 22.8 Å². The van der Waals surface area contributed by atoms with Crippen molar-refractivity contribution in [3.63, 3.8) is 0 Å². The topological polar surface area (TPSA) is 91.3 Å². The number of carbonyl (C=O) groups is 2. The van der Waals surface area contributed by atoms with Crippen molar-refractivity contribution in [2.75, 3.05) is 13.2 Å². The molecule has 0 atom stereocenters. The molecule has 8 heteroatoms. The molecule has 0 bridgehead atoms. The summed E-state index contributed by atoms with van der Waals surface area (Å²) in [5.74, 6) is -0.995. The highest BCUT2D eigenvalue weighted by atomic mass is 79.9. The Balaban J connectivity index is 1.85. The summed E-state index contributed by atoms with van der Waals surface area (Å²) in [6.45, 7) is 4.01. The lowest BCUT2D eigenvalue weighted by Gasteiger charge is -2.11. The molecule has 0 fully saturated rings. The second-order valence-corrected chi connectivity index (χ2v) is 8.31. The summed E-state index contributed by atoms with van der Waals surface area (Å²) in [5, 5.41) is 0. The molecular weight excluding hydrogens is 510 g/mol. The van der Waals surface area contributed by atoms with Crippen LogP contribution >= 0.6 is 15.9 Å². The van der Waals surface area contributed by atoms with E-state index in [-0.39, 0.29) is 24.6 Å². The first kappa shape index (κ1) is 24.2. The molecule has 0 aliphatic heterocycles. The van der Waals surface area contributed by atoms with Crippen LogP contribution in [0.25, 0.3) is 33.9 Å². The molecule has 0 radical (unpaired) electrons. The van der Waals surface area contributed by atoms with Gasteiger partial charge in [-0.25, -0.2) is 24.5 Å². The minimum absolute atomic E-state index is 0.198. The van der Waals surface area contributed by atoms with Gasteiger partial charge in [0.05, 0.1) is 36.0 Å². The van der Waals surface area contributed by atoms with Gasteiger partial charge in [-0.2, -0.15) is 0 Å². The molecule has 0 amide bonds. The van der Waals surface area contributed by atoms with Gasteiger partial charge in [-0.1, -0.05) is 40.2 Å². The first-order valence-corrected chi connectivity index (χ1v) is 11.8. The van der Waals surface area contributed by atoms with Gasteiger partial charge in [-0.05, 0) is 73.5 Å². The van der Waals surface area contributed by atoms with E-state index in [2.05, 4.69) is 25.9 Å². The van der Waals surface area contributed by atoms with Crippen LogP contribution in [0.5, 0.6) is 0 Å². The molecule has 35 heavy (non-hydrogen) atoms. The molecule has 0 N–H and O–H groups in total. The number of rotatable bonds is 7. The Morgan fingerprint density at radius 2 is 1.14 bits per heavy atom. The van der Waals surface area contributed by atoms with Gasteiger partial charge in [0.15, 0.2) is 0 Å². The summed E-state index contributed by atoms with van der Waals surface area (Å²) in [5.41, 5.74) is 4.36. The van der Waals surface area contributed by atoms with Gasteiger partial charge < -0.3 is 9.47 Å². The first-order chi connectivity index (χ1) is 17.0. The summed E-state index contributed by atoms with van der Waals surface area (Å²) in [6, 6.07) is 21.9. The summed E-state index contributed by atoms with van der Waals surface area (Å²) < 4.78 is 11.1. The number of esters is 2. The lowest BCUT2D eigenvalue weighted by molar-refractivity contribution is 0.0510. The Morgan fingerprint density at radius 3 is 1.60 bits per heavy atom. The maximum Gasteiger partial charge on any atom is 0.356 e. The molecule has 0 spiro atoms. The highest BCUT2D eigenvalue weighted by Gasteiger charge is 2.15. The van der Waals surface area contributed by atoms with Crippen LogP contribution in [0.3, 0.4) is 0 Å². The summed E-state index contributed by atoms with van der Waals surface area (Å²) in [6.07, 6.45) is 0. The first-order valence-electron chi connectivity index (χ1n) is 11.1. The van der Waals surface area contributed by atoms with Crippen molar-refractivity contribution < 1.29 is 19.1 Å². The molecule has 4 rings (SSSR count). The number of ether oxygens (including phenoxy) is 2. The minimum Gasteiger partial charge on any atom is -0.461 e. The fourth-order valence-electron chi connectivity index (χ4n) is 3.39. The number of pyridine rings is 3. The second kappa shape index (κ2) is 11.0. The van der Waals surface area contributed by atoms with Crippen molar-refractivity contribution in [3.8, 4) is 33.9 Å². The molecule has 0 saturated carbocycles. The Kier molecular flexibility index (Phi) is 7.62. The number of nitrogens with zero attached hydrogens (tertiary/aromatic N) is 3. The van der Waals surface area contributed by atoms with Crippen LogP contribution in [0.1, 0.15) is 34.8 Å². The average Bonchev–Trinajstić information content (AvgIpc) is 2.89. The third-order valence-electron chi connectivity index (χ3n) is 5.00. The van der Waals surface area contributed by atoms with Crippen LogP contribution in [-0.4, -0.2) is 40.1 Å². The van der Waals surface area contributed by atoms with Crippen molar-refractivity contribution in [3.05, 3.63) is 88.7 Å². The molecule has 0 saturated heterocycles. The van der Waals surface area contributed by atoms with Gasteiger partial charge >= 0.3 is 11.9 Å². The van der Waals surface area contributed by atoms with Crippen molar-refractivity contribution in [2.45, 2.75) is 13.8 Å². The smallest absolute Gasteiger partial charge is 0.356 e. The van der Waals surface area contributed by atoms with Crippen LogP contribution in [0, 0.1) is 0 Å². The van der Waals surface area contributed by atoms with Gasteiger partial charge in [0.2, 0.25) is 0 Å². The molecule has 3 aromatic heterocycles. The monoisotopic (exact) mass is 531 g/mol. The second-order valence-electron chi connectivity index (χ2n) is 7.39. The SMILES string of the molecule is CCOC(=O)c1cccc(-c2cc(-c3ccc(Br)cc3)cc(-c3cccc(C(=O)OCC)n3)n2)n1. The largest absolute Gasteiger partial charge is 0.461 e. The third kappa shape index (κ3) is 5.78. The zero-order chi connectivity index (χ0) is 24.8. The number of carbonyl (C=O) groups excluding carboxylic acids is 2. The Morgan fingerprint density at radius 1 is 0.657 bits per heavy atom. The third-order valence-corrected chi connectivity index (χ3v) is 5.52. The van der Waals surface area contributed by atoms with Gasteiger partial charge in [-0.3, -0.25) is 0 Å². The molecule has 0 unspecified atom stereocenters. The standard InChI is InChI=1S/C27H22BrN3O4/c1-3-34-26(32)22-9-5-7-20(29-22)24-15-18(17-11-13-19(28)14-12-17)16-25(31-24)21-8-6-10-23(30-21)27(33)35-4-2/h5-16H,3-4H2,1-2H3. The van der Waals surface area contributed by atoms with Crippen molar-refractivity contribution in [2.24, 2.45) is 0 Å². The number of halogens is 1. The molecule has 1 aromatic carbocycles. The number of hydrogen-bond donors (Lipinski definition) is 0. The van der Waals surface area contributed by atoms with E-state index in [1.54, 1.807) is 50.2 Å². The van der Waals surface area contributed by atoms with Crippen molar-refractivity contribution >= 4 is 27.9 Å². The van der Waals surface area contributed by atoms with E-state index < -0.39 is 11.9 Å². The minimum atomic E-state index is -0.498. The van der Waals surface area contributed by atoms with Crippen molar-refractivity contribution in [1.29, 1.82) is 0 Å².